The Balaban J connectivity index is 1.73. The highest BCUT2D eigenvalue weighted by Gasteiger charge is 2.20. The van der Waals surface area contributed by atoms with Gasteiger partial charge in [0.15, 0.2) is 5.13 Å². The Bertz CT molecular complexity index is 1140. The maximum atomic E-state index is 12.4. The molecule has 3 aromatic carbocycles. The van der Waals surface area contributed by atoms with Crippen LogP contribution in [0.25, 0.3) is 21.0 Å². The van der Waals surface area contributed by atoms with Crippen LogP contribution >= 0.6 is 11.3 Å². The predicted molar refractivity (Wildman–Crippen MR) is 98.2 cm³/mol. The molecule has 0 aliphatic carbocycles. The lowest BCUT2D eigenvalue weighted by Gasteiger charge is -2.02. The van der Waals surface area contributed by atoms with Crippen LogP contribution in [0, 0.1) is 10.1 Å². The number of fused-ring (bicyclic) bond motifs is 3. The number of aromatic nitrogens is 1. The van der Waals surface area contributed by atoms with Crippen molar-refractivity contribution in [3.8, 4) is 0 Å². The lowest BCUT2D eigenvalue weighted by molar-refractivity contribution is -0.385. The van der Waals surface area contributed by atoms with Crippen molar-refractivity contribution in [3.63, 3.8) is 0 Å². The Morgan fingerprint density at radius 1 is 1.04 bits per heavy atom. The van der Waals surface area contributed by atoms with E-state index in [0.29, 0.717) is 5.13 Å². The van der Waals surface area contributed by atoms with Crippen LogP contribution in [0.4, 0.5) is 10.8 Å². The molecule has 0 spiro atoms. The topological polar surface area (TPSA) is 85.1 Å². The Hall–Kier alpha value is -3.32. The number of thiazole rings is 1. The fourth-order valence-corrected chi connectivity index (χ4v) is 3.58. The molecule has 0 saturated heterocycles. The summed E-state index contributed by atoms with van der Waals surface area (Å²) in [5.41, 5.74) is 0.587. The van der Waals surface area contributed by atoms with Crippen LogP contribution < -0.4 is 5.32 Å². The van der Waals surface area contributed by atoms with Crippen molar-refractivity contribution in [2.24, 2.45) is 0 Å². The van der Waals surface area contributed by atoms with Crippen LogP contribution in [-0.4, -0.2) is 15.8 Å². The summed E-state index contributed by atoms with van der Waals surface area (Å²) in [6.45, 7) is 0. The van der Waals surface area contributed by atoms with Gasteiger partial charge in [-0.25, -0.2) is 4.98 Å². The van der Waals surface area contributed by atoms with Crippen LogP contribution in [-0.2, 0) is 0 Å². The summed E-state index contributed by atoms with van der Waals surface area (Å²) >= 11 is 1.34. The van der Waals surface area contributed by atoms with Crippen molar-refractivity contribution in [1.82, 2.24) is 4.98 Å². The molecule has 6 nitrogen and oxygen atoms in total. The number of para-hydroxylation sites is 1. The lowest BCUT2D eigenvalue weighted by atomic mass is 10.1. The second kappa shape index (κ2) is 5.95. The number of anilines is 1. The Labute approximate surface area is 145 Å². The molecule has 25 heavy (non-hydrogen) atoms. The molecule has 4 aromatic rings. The average molecular weight is 349 g/mol. The summed E-state index contributed by atoms with van der Waals surface area (Å²) in [7, 11) is 0. The van der Waals surface area contributed by atoms with E-state index >= 15 is 0 Å². The number of hydrogen-bond donors (Lipinski definition) is 1. The number of nitro benzene ring substituents is 1. The number of nitrogens with one attached hydrogen (secondary N) is 1. The van der Waals surface area contributed by atoms with Gasteiger partial charge in [0.1, 0.15) is 5.56 Å². The SMILES string of the molecule is O=C(Nc1nc2c(ccc3ccccc32)s1)c1ccccc1[N+](=O)[O-]. The molecule has 122 valence electrons. The minimum Gasteiger partial charge on any atom is -0.298 e. The molecule has 1 amide bonds. The first-order chi connectivity index (χ1) is 12.1. The number of carbonyl (C=O) groups excluding carboxylic acids is 1. The zero-order valence-electron chi connectivity index (χ0n) is 12.8. The summed E-state index contributed by atoms with van der Waals surface area (Å²) < 4.78 is 0.941. The van der Waals surface area contributed by atoms with Gasteiger partial charge < -0.3 is 0 Å². The van der Waals surface area contributed by atoms with Crippen LogP contribution in [0.3, 0.4) is 0 Å². The summed E-state index contributed by atoms with van der Waals surface area (Å²) in [5, 5.41) is 16.2. The molecular formula is C18H11N3O3S. The maximum absolute atomic E-state index is 12.4. The molecule has 0 radical (unpaired) electrons. The Morgan fingerprint density at radius 3 is 2.64 bits per heavy atom. The van der Waals surface area contributed by atoms with Crippen LogP contribution in [0.2, 0.25) is 0 Å². The summed E-state index contributed by atoms with van der Waals surface area (Å²) in [6.07, 6.45) is 0. The molecule has 0 saturated carbocycles. The molecule has 0 bridgehead atoms. The van der Waals surface area contributed by atoms with Gasteiger partial charge in [0, 0.05) is 11.5 Å². The fraction of sp³-hybridized carbons (Fsp3) is 0. The highest BCUT2D eigenvalue weighted by Crippen LogP contribution is 2.32. The summed E-state index contributed by atoms with van der Waals surface area (Å²) in [5.74, 6) is -0.546. The Morgan fingerprint density at radius 2 is 1.80 bits per heavy atom. The summed E-state index contributed by atoms with van der Waals surface area (Å²) in [4.78, 5) is 27.4. The van der Waals surface area contributed by atoms with Crippen molar-refractivity contribution in [3.05, 3.63) is 76.3 Å². The molecule has 0 fully saturated rings. The van der Waals surface area contributed by atoms with Gasteiger partial charge in [0.25, 0.3) is 11.6 Å². The molecule has 7 heteroatoms. The predicted octanol–water partition coefficient (Wildman–Crippen LogP) is 4.61. The van der Waals surface area contributed by atoms with E-state index in [1.807, 2.05) is 36.4 Å². The van der Waals surface area contributed by atoms with Crippen LogP contribution in [0.15, 0.2) is 60.7 Å². The maximum Gasteiger partial charge on any atom is 0.282 e. The monoisotopic (exact) mass is 349 g/mol. The molecule has 0 unspecified atom stereocenters. The van der Waals surface area contributed by atoms with E-state index in [1.54, 1.807) is 6.07 Å². The van der Waals surface area contributed by atoms with Crippen molar-refractivity contribution in [2.45, 2.75) is 0 Å². The molecule has 1 aromatic heterocycles. The van der Waals surface area contributed by atoms with Gasteiger partial charge in [-0.05, 0) is 17.5 Å². The number of nitrogens with zero attached hydrogens (tertiary/aromatic N) is 2. The van der Waals surface area contributed by atoms with Crippen LogP contribution in [0.5, 0.6) is 0 Å². The minimum absolute atomic E-state index is 0.0108. The largest absolute Gasteiger partial charge is 0.298 e. The van der Waals surface area contributed by atoms with E-state index < -0.39 is 10.8 Å². The van der Waals surface area contributed by atoms with E-state index in [9.17, 15) is 14.9 Å². The molecule has 0 aliphatic heterocycles. The van der Waals surface area contributed by atoms with Gasteiger partial charge in [0.2, 0.25) is 0 Å². The third-order valence-electron chi connectivity index (χ3n) is 3.85. The highest BCUT2D eigenvalue weighted by molar-refractivity contribution is 7.22. The number of carbonyl (C=O) groups is 1. The van der Waals surface area contributed by atoms with Crippen molar-refractivity contribution < 1.29 is 9.72 Å². The van der Waals surface area contributed by atoms with E-state index in [-0.39, 0.29) is 11.3 Å². The summed E-state index contributed by atoms with van der Waals surface area (Å²) in [6, 6.07) is 17.7. The van der Waals surface area contributed by atoms with E-state index in [4.69, 9.17) is 0 Å². The first-order valence-electron chi connectivity index (χ1n) is 7.46. The van der Waals surface area contributed by atoms with E-state index in [0.717, 1.165) is 21.0 Å². The molecule has 1 heterocycles. The first kappa shape index (κ1) is 15.2. The molecule has 0 aliphatic rings. The van der Waals surface area contributed by atoms with Crippen molar-refractivity contribution in [1.29, 1.82) is 0 Å². The zero-order chi connectivity index (χ0) is 17.4. The first-order valence-corrected chi connectivity index (χ1v) is 8.28. The molecule has 0 atom stereocenters. The number of amides is 1. The molecule has 1 N–H and O–H groups in total. The van der Waals surface area contributed by atoms with Gasteiger partial charge in [-0.3, -0.25) is 20.2 Å². The normalized spacial score (nSPS) is 10.9. The number of rotatable bonds is 3. The van der Waals surface area contributed by atoms with Gasteiger partial charge in [0.05, 0.1) is 15.1 Å². The second-order valence-corrected chi connectivity index (χ2v) is 6.41. The smallest absolute Gasteiger partial charge is 0.282 e. The number of nitro groups is 1. The van der Waals surface area contributed by atoms with Crippen molar-refractivity contribution >= 4 is 49.1 Å². The minimum atomic E-state index is -0.569. The third kappa shape index (κ3) is 2.70. The quantitative estimate of drug-likeness (QED) is 0.432. The second-order valence-electron chi connectivity index (χ2n) is 5.38. The average Bonchev–Trinajstić information content (AvgIpc) is 3.04. The van der Waals surface area contributed by atoms with E-state index in [1.165, 1.54) is 29.5 Å². The van der Waals surface area contributed by atoms with Gasteiger partial charge in [-0.1, -0.05) is 53.8 Å². The number of hydrogen-bond acceptors (Lipinski definition) is 5. The van der Waals surface area contributed by atoms with E-state index in [2.05, 4.69) is 10.3 Å². The van der Waals surface area contributed by atoms with Gasteiger partial charge >= 0.3 is 0 Å². The molecule has 4 rings (SSSR count). The zero-order valence-corrected chi connectivity index (χ0v) is 13.6. The third-order valence-corrected chi connectivity index (χ3v) is 4.79. The van der Waals surface area contributed by atoms with Gasteiger partial charge in [-0.15, -0.1) is 0 Å². The van der Waals surface area contributed by atoms with Gasteiger partial charge in [-0.2, -0.15) is 0 Å². The highest BCUT2D eigenvalue weighted by atomic mass is 32.1. The Kier molecular flexibility index (Phi) is 3.62. The van der Waals surface area contributed by atoms with Crippen LogP contribution in [0.1, 0.15) is 10.4 Å². The fourth-order valence-electron chi connectivity index (χ4n) is 2.70. The van der Waals surface area contributed by atoms with Crippen molar-refractivity contribution in [2.75, 3.05) is 5.32 Å². The number of benzene rings is 3. The lowest BCUT2D eigenvalue weighted by Crippen LogP contribution is -2.13. The standard InChI is InChI=1S/C18H11N3O3S/c22-17(13-7-3-4-8-14(13)21(23)24)20-18-19-16-12-6-2-1-5-11(12)9-10-15(16)25-18/h1-10H,(H,19,20,22). The molecular weight excluding hydrogens is 338 g/mol.